The van der Waals surface area contributed by atoms with Gasteiger partial charge in [0.05, 0.1) is 0 Å². The Kier molecular flexibility index (Phi) is 1.86. The lowest BCUT2D eigenvalue weighted by Crippen LogP contribution is -1.74. The number of fused-ring (bicyclic) bond motifs is 3. The number of hydrogen-bond acceptors (Lipinski definition) is 0. The molecule has 0 bridgehead atoms. The van der Waals surface area contributed by atoms with Crippen LogP contribution in [0.15, 0.2) is 60.8 Å². The second kappa shape index (κ2) is 3.50. The van der Waals surface area contributed by atoms with E-state index >= 15 is 0 Å². The Morgan fingerprint density at radius 3 is 2.44 bits per heavy atom. The molecular formula is C16H12N2. The fourth-order valence-corrected chi connectivity index (χ4v) is 2.52. The molecule has 2 aromatic carbocycles. The van der Waals surface area contributed by atoms with Gasteiger partial charge in [0.2, 0.25) is 0 Å². The van der Waals surface area contributed by atoms with E-state index in [9.17, 15) is 0 Å². The van der Waals surface area contributed by atoms with Crippen LogP contribution in [0.3, 0.4) is 0 Å². The van der Waals surface area contributed by atoms with Gasteiger partial charge in [0.1, 0.15) is 0 Å². The van der Waals surface area contributed by atoms with Gasteiger partial charge in [-0.05, 0) is 29.8 Å². The first-order valence-corrected chi connectivity index (χ1v) is 6.06. The summed E-state index contributed by atoms with van der Waals surface area (Å²) in [4.78, 5) is 6.73. The summed E-state index contributed by atoms with van der Waals surface area (Å²) in [6, 6.07) is 19.0. The minimum absolute atomic E-state index is 1.17. The molecule has 0 unspecified atom stereocenters. The number of rotatable bonds is 1. The zero-order valence-electron chi connectivity index (χ0n) is 9.77. The Hall–Kier alpha value is -2.48. The van der Waals surface area contributed by atoms with Crippen molar-refractivity contribution >= 4 is 21.8 Å². The summed E-state index contributed by atoms with van der Waals surface area (Å²) < 4.78 is 0. The van der Waals surface area contributed by atoms with Crippen molar-refractivity contribution in [3.8, 4) is 11.3 Å². The van der Waals surface area contributed by atoms with Crippen molar-refractivity contribution in [3.63, 3.8) is 0 Å². The molecule has 4 aromatic rings. The first-order valence-electron chi connectivity index (χ1n) is 6.06. The number of benzene rings is 2. The SMILES string of the molecule is c1ccc(-c2cc3c(ccc4[nH]ccc43)[nH]2)cc1. The van der Waals surface area contributed by atoms with Gasteiger partial charge < -0.3 is 9.97 Å². The average Bonchev–Trinajstić information content (AvgIpc) is 3.05. The van der Waals surface area contributed by atoms with Gasteiger partial charge in [0.15, 0.2) is 0 Å². The Balaban J connectivity index is 2.04. The third-order valence-electron chi connectivity index (χ3n) is 3.42. The van der Waals surface area contributed by atoms with E-state index in [1.165, 1.54) is 33.1 Å². The molecule has 2 aromatic heterocycles. The summed E-state index contributed by atoms with van der Waals surface area (Å²) in [6.07, 6.45) is 1.99. The van der Waals surface area contributed by atoms with Crippen molar-refractivity contribution in [2.24, 2.45) is 0 Å². The first kappa shape index (κ1) is 9.54. The van der Waals surface area contributed by atoms with Crippen LogP contribution in [-0.2, 0) is 0 Å². The first-order chi connectivity index (χ1) is 8.92. The fraction of sp³-hybridized carbons (Fsp3) is 0. The van der Waals surface area contributed by atoms with Crippen LogP contribution in [-0.4, -0.2) is 9.97 Å². The lowest BCUT2D eigenvalue weighted by Gasteiger charge is -1.94. The molecule has 0 amide bonds. The molecule has 0 spiro atoms. The molecule has 0 atom stereocenters. The van der Waals surface area contributed by atoms with Gasteiger partial charge in [-0.3, -0.25) is 0 Å². The number of nitrogens with one attached hydrogen (secondary N) is 2. The molecule has 0 aliphatic rings. The molecule has 0 aliphatic heterocycles. The molecule has 2 heteroatoms. The van der Waals surface area contributed by atoms with Gasteiger partial charge in [0.25, 0.3) is 0 Å². The monoisotopic (exact) mass is 232 g/mol. The van der Waals surface area contributed by atoms with Crippen LogP contribution in [0.2, 0.25) is 0 Å². The van der Waals surface area contributed by atoms with Gasteiger partial charge in [-0.2, -0.15) is 0 Å². The third kappa shape index (κ3) is 1.29. The van der Waals surface area contributed by atoms with Crippen molar-refractivity contribution in [1.29, 1.82) is 0 Å². The Morgan fingerprint density at radius 1 is 0.722 bits per heavy atom. The lowest BCUT2D eigenvalue weighted by molar-refractivity contribution is 1.45. The van der Waals surface area contributed by atoms with Crippen LogP contribution < -0.4 is 0 Å². The van der Waals surface area contributed by atoms with Crippen molar-refractivity contribution in [1.82, 2.24) is 9.97 Å². The van der Waals surface area contributed by atoms with E-state index in [-0.39, 0.29) is 0 Å². The Morgan fingerprint density at radius 2 is 1.56 bits per heavy atom. The smallest absolute Gasteiger partial charge is 0.0466 e. The molecule has 18 heavy (non-hydrogen) atoms. The molecule has 4 rings (SSSR count). The molecule has 2 N–H and O–H groups in total. The topological polar surface area (TPSA) is 31.6 Å². The van der Waals surface area contributed by atoms with Crippen LogP contribution in [0.5, 0.6) is 0 Å². The lowest BCUT2D eigenvalue weighted by atomic mass is 10.1. The molecule has 0 aliphatic carbocycles. The predicted molar refractivity (Wildman–Crippen MR) is 75.6 cm³/mol. The Bertz CT molecular complexity index is 822. The van der Waals surface area contributed by atoms with Gasteiger partial charge >= 0.3 is 0 Å². The molecule has 0 radical (unpaired) electrons. The maximum atomic E-state index is 3.48. The molecular weight excluding hydrogens is 220 g/mol. The molecule has 2 heterocycles. The number of aromatic amines is 2. The molecule has 0 fully saturated rings. The molecule has 0 saturated carbocycles. The highest BCUT2D eigenvalue weighted by Gasteiger charge is 2.06. The van der Waals surface area contributed by atoms with Crippen LogP contribution in [0.25, 0.3) is 33.1 Å². The van der Waals surface area contributed by atoms with Crippen LogP contribution >= 0.6 is 0 Å². The van der Waals surface area contributed by atoms with Crippen molar-refractivity contribution < 1.29 is 0 Å². The summed E-state index contributed by atoms with van der Waals surface area (Å²) in [5, 5.41) is 2.54. The van der Waals surface area contributed by atoms with Gasteiger partial charge in [-0.25, -0.2) is 0 Å². The number of aromatic nitrogens is 2. The van der Waals surface area contributed by atoms with Gasteiger partial charge in [-0.15, -0.1) is 0 Å². The van der Waals surface area contributed by atoms with Crippen LogP contribution in [0, 0.1) is 0 Å². The predicted octanol–water partition coefficient (Wildman–Crippen LogP) is 4.32. The summed E-state index contributed by atoms with van der Waals surface area (Å²) >= 11 is 0. The summed E-state index contributed by atoms with van der Waals surface area (Å²) in [5.41, 5.74) is 4.75. The highest BCUT2D eigenvalue weighted by atomic mass is 14.7. The van der Waals surface area contributed by atoms with Crippen molar-refractivity contribution in [2.75, 3.05) is 0 Å². The van der Waals surface area contributed by atoms with Gasteiger partial charge in [0, 0.05) is 33.7 Å². The van der Waals surface area contributed by atoms with E-state index < -0.39 is 0 Å². The summed E-state index contributed by atoms with van der Waals surface area (Å²) in [5.74, 6) is 0. The van der Waals surface area contributed by atoms with Crippen molar-refractivity contribution in [3.05, 3.63) is 60.8 Å². The van der Waals surface area contributed by atoms with E-state index in [1.54, 1.807) is 0 Å². The van der Waals surface area contributed by atoms with E-state index in [0.29, 0.717) is 0 Å². The highest BCUT2D eigenvalue weighted by molar-refractivity contribution is 6.07. The maximum Gasteiger partial charge on any atom is 0.0466 e. The fourth-order valence-electron chi connectivity index (χ4n) is 2.52. The average molecular weight is 232 g/mol. The largest absolute Gasteiger partial charge is 0.361 e. The van der Waals surface area contributed by atoms with Crippen molar-refractivity contribution in [2.45, 2.75) is 0 Å². The summed E-state index contributed by atoms with van der Waals surface area (Å²) in [6.45, 7) is 0. The van der Waals surface area contributed by atoms with E-state index in [0.717, 1.165) is 0 Å². The third-order valence-corrected chi connectivity index (χ3v) is 3.42. The van der Waals surface area contributed by atoms with Gasteiger partial charge in [-0.1, -0.05) is 30.3 Å². The zero-order valence-corrected chi connectivity index (χ0v) is 9.77. The normalized spacial score (nSPS) is 11.3. The summed E-state index contributed by atoms with van der Waals surface area (Å²) in [7, 11) is 0. The highest BCUT2D eigenvalue weighted by Crippen LogP contribution is 2.29. The van der Waals surface area contributed by atoms with E-state index in [2.05, 4.69) is 58.5 Å². The van der Waals surface area contributed by atoms with E-state index in [1.807, 2.05) is 12.3 Å². The zero-order chi connectivity index (χ0) is 11.9. The van der Waals surface area contributed by atoms with Crippen LogP contribution in [0.4, 0.5) is 0 Å². The molecule has 2 nitrogen and oxygen atoms in total. The quantitative estimate of drug-likeness (QED) is 0.490. The standard InChI is InChI=1S/C16H12N2/c1-2-4-11(5-3-1)16-10-13-12-8-9-17-14(12)6-7-15(13)18-16/h1-10,17-18H. The second-order valence-electron chi connectivity index (χ2n) is 4.51. The number of hydrogen-bond donors (Lipinski definition) is 2. The molecule has 86 valence electrons. The number of H-pyrrole nitrogens is 2. The Labute approximate surface area is 104 Å². The second-order valence-corrected chi connectivity index (χ2v) is 4.51. The minimum Gasteiger partial charge on any atom is -0.361 e. The molecule has 0 saturated heterocycles. The van der Waals surface area contributed by atoms with Crippen LogP contribution in [0.1, 0.15) is 0 Å². The van der Waals surface area contributed by atoms with E-state index in [4.69, 9.17) is 0 Å². The minimum atomic E-state index is 1.17. The maximum absolute atomic E-state index is 3.48.